The second kappa shape index (κ2) is 13.1. The van der Waals surface area contributed by atoms with Crippen molar-refractivity contribution in [1.82, 2.24) is 9.55 Å². The third kappa shape index (κ3) is 7.04. The van der Waals surface area contributed by atoms with Crippen LogP contribution in [0.15, 0.2) is 94.6 Å². The average Bonchev–Trinajstić information content (AvgIpc) is 3.02. The third-order valence-electron chi connectivity index (χ3n) is 7.01. The van der Waals surface area contributed by atoms with Crippen LogP contribution >= 0.6 is 15.9 Å². The number of alkyl halides is 3. The fraction of sp³-hybridized carbons (Fsp3) is 0.121. The Morgan fingerprint density at radius 1 is 0.891 bits per heavy atom. The minimum absolute atomic E-state index is 0.00631. The zero-order valence-corrected chi connectivity index (χ0v) is 25.9. The van der Waals surface area contributed by atoms with Gasteiger partial charge in [-0.2, -0.15) is 13.2 Å². The Morgan fingerprint density at radius 3 is 2.22 bits per heavy atom. The molecule has 0 bridgehead atoms. The average molecular weight is 697 g/mol. The maximum atomic E-state index is 13.8. The molecule has 0 fully saturated rings. The molecule has 8 nitrogen and oxygen atoms in total. The fourth-order valence-corrected chi connectivity index (χ4v) is 5.15. The molecular formula is C33H25BrF4N4O4. The standard InChI is InChI=1S/C33H25BrF4N4O4/c1-45-28-10-6-19(13-29(28)46-2)21-11-23(31(39)40-14-21)18-3-7-22(8-4-18)41-32(44)25-16-42(17-33(36,37)38)15-24(30(25)43)20-5-9-27(35)26(34)12-20/h3-16H,17H2,1-2H3,(H2,39,40)(H,41,44). The van der Waals surface area contributed by atoms with Gasteiger partial charge in [-0.15, -0.1) is 0 Å². The first-order valence-electron chi connectivity index (χ1n) is 13.5. The molecule has 46 heavy (non-hydrogen) atoms. The van der Waals surface area contributed by atoms with E-state index in [1.807, 2.05) is 12.1 Å². The molecule has 2 heterocycles. The zero-order chi connectivity index (χ0) is 33.2. The number of aromatic nitrogens is 2. The molecule has 0 spiro atoms. The van der Waals surface area contributed by atoms with Crippen LogP contribution in [-0.4, -0.2) is 35.9 Å². The van der Waals surface area contributed by atoms with Crippen LogP contribution in [0.3, 0.4) is 0 Å². The second-order valence-corrected chi connectivity index (χ2v) is 10.9. The topological polar surface area (TPSA) is 108 Å². The van der Waals surface area contributed by atoms with E-state index in [2.05, 4.69) is 26.2 Å². The number of carbonyl (C=O) groups is 1. The fourth-order valence-electron chi connectivity index (χ4n) is 4.77. The zero-order valence-electron chi connectivity index (χ0n) is 24.3. The van der Waals surface area contributed by atoms with Gasteiger partial charge in [0.1, 0.15) is 23.7 Å². The number of benzene rings is 3. The normalized spacial score (nSPS) is 11.3. The summed E-state index contributed by atoms with van der Waals surface area (Å²) in [6, 6.07) is 17.3. The number of methoxy groups -OCH3 is 2. The van der Waals surface area contributed by atoms with Crippen LogP contribution in [0.1, 0.15) is 10.4 Å². The summed E-state index contributed by atoms with van der Waals surface area (Å²) in [4.78, 5) is 30.9. The van der Waals surface area contributed by atoms with Gasteiger partial charge in [-0.05, 0) is 75.1 Å². The SMILES string of the molecule is COc1ccc(-c2cnc(N)c(-c3ccc(NC(=O)c4cn(CC(F)(F)F)cc(-c5ccc(F)c(Br)c5)c4=O)cc3)c2)cc1OC. The van der Waals surface area contributed by atoms with Crippen molar-refractivity contribution in [1.29, 1.82) is 0 Å². The molecule has 1 amide bonds. The van der Waals surface area contributed by atoms with Gasteiger partial charge in [0.05, 0.1) is 18.7 Å². The van der Waals surface area contributed by atoms with Gasteiger partial charge < -0.3 is 25.1 Å². The van der Waals surface area contributed by atoms with Crippen LogP contribution in [0.25, 0.3) is 33.4 Å². The molecule has 0 atom stereocenters. The smallest absolute Gasteiger partial charge is 0.406 e. The lowest BCUT2D eigenvalue weighted by Crippen LogP contribution is -2.27. The van der Waals surface area contributed by atoms with Crippen molar-refractivity contribution in [3.63, 3.8) is 0 Å². The minimum Gasteiger partial charge on any atom is -0.493 e. The Kier molecular flexibility index (Phi) is 9.15. The first-order chi connectivity index (χ1) is 21.9. The predicted molar refractivity (Wildman–Crippen MR) is 170 cm³/mol. The first-order valence-corrected chi connectivity index (χ1v) is 14.3. The molecule has 0 saturated heterocycles. The summed E-state index contributed by atoms with van der Waals surface area (Å²) in [7, 11) is 3.08. The largest absolute Gasteiger partial charge is 0.493 e. The maximum absolute atomic E-state index is 13.8. The van der Waals surface area contributed by atoms with Crippen LogP contribution in [0.2, 0.25) is 0 Å². The van der Waals surface area contributed by atoms with Crippen molar-refractivity contribution in [3.05, 3.63) is 111 Å². The van der Waals surface area contributed by atoms with Gasteiger partial charge in [0.25, 0.3) is 5.91 Å². The highest BCUT2D eigenvalue weighted by Gasteiger charge is 2.29. The number of rotatable bonds is 8. The minimum atomic E-state index is -4.63. The number of hydrogen-bond acceptors (Lipinski definition) is 6. The van der Waals surface area contributed by atoms with E-state index in [1.165, 1.54) is 19.2 Å². The summed E-state index contributed by atoms with van der Waals surface area (Å²) in [5.74, 6) is -0.174. The van der Waals surface area contributed by atoms with Crippen LogP contribution < -0.4 is 26.0 Å². The summed E-state index contributed by atoms with van der Waals surface area (Å²) in [6.45, 7) is -1.45. The van der Waals surface area contributed by atoms with Gasteiger partial charge in [0.15, 0.2) is 11.5 Å². The van der Waals surface area contributed by atoms with Crippen molar-refractivity contribution >= 4 is 33.3 Å². The number of pyridine rings is 2. The van der Waals surface area contributed by atoms with Gasteiger partial charge >= 0.3 is 6.18 Å². The molecule has 13 heteroatoms. The number of hydrogen-bond donors (Lipinski definition) is 2. The lowest BCUT2D eigenvalue weighted by Gasteiger charge is -2.15. The Hall–Kier alpha value is -5.17. The van der Waals surface area contributed by atoms with Crippen molar-refractivity contribution in [3.8, 4) is 44.9 Å². The number of amides is 1. The monoisotopic (exact) mass is 696 g/mol. The molecule has 3 N–H and O–H groups in total. The number of nitrogens with two attached hydrogens (primary N) is 1. The van der Waals surface area contributed by atoms with E-state index in [-0.39, 0.29) is 27.1 Å². The van der Waals surface area contributed by atoms with Gasteiger partial charge in [0, 0.05) is 41.0 Å². The Morgan fingerprint density at radius 2 is 1.57 bits per heavy atom. The van der Waals surface area contributed by atoms with Crippen molar-refractivity contribution < 1.29 is 31.8 Å². The molecule has 0 aliphatic heterocycles. The van der Waals surface area contributed by atoms with E-state index in [9.17, 15) is 27.2 Å². The molecule has 0 saturated carbocycles. The lowest BCUT2D eigenvalue weighted by molar-refractivity contribution is -0.140. The molecule has 3 aromatic carbocycles. The third-order valence-corrected chi connectivity index (χ3v) is 7.61. The quantitative estimate of drug-likeness (QED) is 0.162. The Labute approximate surface area is 268 Å². The second-order valence-electron chi connectivity index (χ2n) is 10.1. The molecule has 0 aliphatic rings. The number of nitrogen functional groups attached to an aromatic ring is 1. The highest BCUT2D eigenvalue weighted by molar-refractivity contribution is 9.10. The molecule has 2 aromatic heterocycles. The molecule has 5 rings (SSSR count). The molecule has 0 radical (unpaired) electrons. The molecule has 0 aliphatic carbocycles. The number of nitrogens with zero attached hydrogens (tertiary/aromatic N) is 2. The van der Waals surface area contributed by atoms with Gasteiger partial charge in [0.2, 0.25) is 5.43 Å². The van der Waals surface area contributed by atoms with E-state index >= 15 is 0 Å². The molecule has 5 aromatic rings. The molecular weight excluding hydrogens is 672 g/mol. The summed E-state index contributed by atoms with van der Waals surface area (Å²) in [5.41, 5.74) is 7.88. The summed E-state index contributed by atoms with van der Waals surface area (Å²) >= 11 is 3.02. The Bertz CT molecular complexity index is 2000. The lowest BCUT2D eigenvalue weighted by atomic mass is 10.0. The Balaban J connectivity index is 1.44. The van der Waals surface area contributed by atoms with Gasteiger partial charge in [-0.3, -0.25) is 9.59 Å². The molecule has 236 valence electrons. The van der Waals surface area contributed by atoms with E-state index in [1.54, 1.807) is 49.7 Å². The van der Waals surface area contributed by atoms with Crippen LogP contribution in [-0.2, 0) is 6.54 Å². The number of carbonyl (C=O) groups excluding carboxylic acids is 1. The maximum Gasteiger partial charge on any atom is 0.406 e. The summed E-state index contributed by atoms with van der Waals surface area (Å²) in [5, 5.41) is 2.57. The van der Waals surface area contributed by atoms with E-state index in [4.69, 9.17) is 15.2 Å². The predicted octanol–water partition coefficient (Wildman–Crippen LogP) is 7.56. The molecule has 0 unspecified atom stereocenters. The number of nitrogens with one attached hydrogen (secondary N) is 1. The number of anilines is 2. The highest BCUT2D eigenvalue weighted by Crippen LogP contribution is 2.35. The first kappa shape index (κ1) is 32.2. The van der Waals surface area contributed by atoms with Crippen molar-refractivity contribution in [2.45, 2.75) is 12.7 Å². The van der Waals surface area contributed by atoms with Crippen LogP contribution in [0.4, 0.5) is 29.1 Å². The summed E-state index contributed by atoms with van der Waals surface area (Å²) in [6.07, 6.45) is -1.19. The van der Waals surface area contributed by atoms with E-state index in [0.717, 1.165) is 29.6 Å². The van der Waals surface area contributed by atoms with Crippen molar-refractivity contribution in [2.24, 2.45) is 0 Å². The number of halogens is 5. The highest BCUT2D eigenvalue weighted by atomic mass is 79.9. The van der Waals surface area contributed by atoms with Crippen molar-refractivity contribution in [2.75, 3.05) is 25.3 Å². The van der Waals surface area contributed by atoms with E-state index in [0.29, 0.717) is 27.2 Å². The number of ether oxygens (including phenoxy) is 2. The van der Waals surface area contributed by atoms with Crippen LogP contribution in [0, 0.1) is 5.82 Å². The van der Waals surface area contributed by atoms with E-state index < -0.39 is 35.4 Å². The van der Waals surface area contributed by atoms with Crippen LogP contribution in [0.5, 0.6) is 11.5 Å². The summed E-state index contributed by atoms with van der Waals surface area (Å²) < 4.78 is 65.1. The van der Waals surface area contributed by atoms with Gasteiger partial charge in [-0.1, -0.05) is 24.3 Å². The van der Waals surface area contributed by atoms with Gasteiger partial charge in [-0.25, -0.2) is 9.37 Å².